The first kappa shape index (κ1) is 17.7. The summed E-state index contributed by atoms with van der Waals surface area (Å²) in [7, 11) is 1.40. The first-order valence-electron chi connectivity index (χ1n) is 7.36. The maximum Gasteiger partial charge on any atom is 0.330 e. The number of fused-ring (bicyclic) bond motifs is 1. The van der Waals surface area contributed by atoms with Crippen LogP contribution in [-0.4, -0.2) is 63.6 Å². The van der Waals surface area contributed by atoms with Gasteiger partial charge in [0.2, 0.25) is 11.8 Å². The van der Waals surface area contributed by atoms with E-state index in [0.717, 1.165) is 6.29 Å². The number of thioether (sulfide) groups is 1. The Labute approximate surface area is 137 Å². The molecule has 2 aliphatic rings. The number of nitrogens with zero attached hydrogens (tertiary/aromatic N) is 1. The molecular weight excluding hydrogens is 324 g/mol. The Morgan fingerprint density at radius 2 is 2.17 bits per heavy atom. The highest BCUT2D eigenvalue weighted by atomic mass is 32.2. The number of nitrogens with one attached hydrogen (secondary N) is 1. The number of carbonyl (C=O) groups excluding carboxylic acids is 3. The van der Waals surface area contributed by atoms with Crippen LogP contribution in [-0.2, 0) is 23.9 Å². The van der Waals surface area contributed by atoms with E-state index in [1.165, 1.54) is 23.8 Å². The fourth-order valence-electron chi connectivity index (χ4n) is 2.84. The van der Waals surface area contributed by atoms with Crippen molar-refractivity contribution in [3.8, 4) is 0 Å². The summed E-state index contributed by atoms with van der Waals surface area (Å²) in [5.41, 5.74) is 0. The van der Waals surface area contributed by atoms with Crippen molar-refractivity contribution in [2.24, 2.45) is 0 Å². The summed E-state index contributed by atoms with van der Waals surface area (Å²) in [6.45, 7) is 1.63. The second-order valence-corrected chi connectivity index (χ2v) is 7.20. The molecule has 0 aliphatic carbocycles. The van der Waals surface area contributed by atoms with Crippen molar-refractivity contribution in [2.75, 3.05) is 7.11 Å². The van der Waals surface area contributed by atoms with Crippen LogP contribution in [0, 0.1) is 0 Å². The molecule has 2 N–H and O–H groups in total. The van der Waals surface area contributed by atoms with Gasteiger partial charge in [0, 0.05) is 20.0 Å². The number of carbonyl (C=O) groups is 4. The third kappa shape index (κ3) is 3.20. The van der Waals surface area contributed by atoms with Crippen LogP contribution in [0.5, 0.6) is 0 Å². The first-order chi connectivity index (χ1) is 10.9. The van der Waals surface area contributed by atoms with Gasteiger partial charge in [-0.1, -0.05) is 11.8 Å². The second kappa shape index (κ2) is 6.88. The Balaban J connectivity index is 1.95. The summed E-state index contributed by atoms with van der Waals surface area (Å²) in [6.07, 6.45) is 2.65. The van der Waals surface area contributed by atoms with E-state index >= 15 is 0 Å². The number of aldehydes is 1. The summed E-state index contributed by atoms with van der Waals surface area (Å²) in [5.74, 6) is -1.80. The lowest BCUT2D eigenvalue weighted by Crippen LogP contribution is -2.70. The number of amides is 2. The average molecular weight is 344 g/mol. The summed E-state index contributed by atoms with van der Waals surface area (Å²) >= 11 is 1.23. The predicted octanol–water partition coefficient (Wildman–Crippen LogP) is -0.0386. The highest BCUT2D eigenvalue weighted by molar-refractivity contribution is 8.01. The second-order valence-electron chi connectivity index (χ2n) is 5.67. The zero-order chi connectivity index (χ0) is 17.2. The van der Waals surface area contributed by atoms with Gasteiger partial charge < -0.3 is 24.9 Å². The number of carboxylic acids is 1. The van der Waals surface area contributed by atoms with Crippen LogP contribution in [0.3, 0.4) is 0 Å². The van der Waals surface area contributed by atoms with Crippen LogP contribution in [0.15, 0.2) is 0 Å². The third-order valence-electron chi connectivity index (χ3n) is 4.14. The number of β-lactam (4-membered cyclic amide) rings is 1. The van der Waals surface area contributed by atoms with Crippen molar-refractivity contribution in [2.45, 2.75) is 55.0 Å². The summed E-state index contributed by atoms with van der Waals surface area (Å²) in [6, 6.07) is -1.80. The fraction of sp³-hybridized carbons (Fsp3) is 0.714. The maximum absolute atomic E-state index is 12.2. The van der Waals surface area contributed by atoms with E-state index in [-0.39, 0.29) is 12.3 Å². The van der Waals surface area contributed by atoms with Crippen molar-refractivity contribution in [3.63, 3.8) is 0 Å². The van der Waals surface area contributed by atoms with Crippen LogP contribution >= 0.6 is 11.8 Å². The first-order valence-corrected chi connectivity index (χ1v) is 8.24. The van der Waals surface area contributed by atoms with Gasteiger partial charge in [-0.3, -0.25) is 9.59 Å². The molecule has 0 bridgehead atoms. The highest BCUT2D eigenvalue weighted by Gasteiger charge is 2.66. The molecule has 0 saturated carbocycles. The van der Waals surface area contributed by atoms with Crippen LogP contribution in [0.1, 0.15) is 32.6 Å². The van der Waals surface area contributed by atoms with Crippen LogP contribution < -0.4 is 5.32 Å². The average Bonchev–Trinajstić information content (AvgIpc) is 2.80. The lowest BCUT2D eigenvalue weighted by molar-refractivity contribution is -0.166. The van der Waals surface area contributed by atoms with E-state index in [4.69, 9.17) is 4.74 Å². The van der Waals surface area contributed by atoms with Crippen LogP contribution in [0.2, 0.25) is 0 Å². The topological polar surface area (TPSA) is 113 Å². The van der Waals surface area contributed by atoms with E-state index in [2.05, 4.69) is 5.32 Å². The molecule has 0 spiro atoms. The molecular formula is C14H20N2O6S. The molecule has 2 fully saturated rings. The molecule has 0 aromatic carbocycles. The third-order valence-corrected chi connectivity index (χ3v) is 5.74. The molecule has 2 amide bonds. The zero-order valence-electron chi connectivity index (χ0n) is 13.0. The van der Waals surface area contributed by atoms with Gasteiger partial charge in [0.1, 0.15) is 22.6 Å². The Hall–Kier alpha value is -1.61. The van der Waals surface area contributed by atoms with Gasteiger partial charge in [-0.15, -0.1) is 0 Å². The normalized spacial score (nSPS) is 32.2. The fourth-order valence-corrected chi connectivity index (χ4v) is 4.42. The van der Waals surface area contributed by atoms with E-state index < -0.39 is 34.3 Å². The highest BCUT2D eigenvalue weighted by Crippen LogP contribution is 2.51. The Morgan fingerprint density at radius 3 is 2.74 bits per heavy atom. The van der Waals surface area contributed by atoms with Gasteiger partial charge in [0.15, 0.2) is 6.04 Å². The molecule has 0 aromatic heterocycles. The van der Waals surface area contributed by atoms with E-state index in [0.29, 0.717) is 19.3 Å². The summed E-state index contributed by atoms with van der Waals surface area (Å²) in [5, 5.41) is 11.6. The number of methoxy groups -OCH3 is 1. The van der Waals surface area contributed by atoms with E-state index in [1.807, 2.05) is 0 Å². The molecule has 0 radical (unpaired) electrons. The molecule has 4 atom stereocenters. The number of hydrogen-bond donors (Lipinski definition) is 2. The van der Waals surface area contributed by atoms with Crippen LogP contribution in [0.4, 0.5) is 0 Å². The number of carboxylic acid groups (broad SMARTS) is 1. The van der Waals surface area contributed by atoms with Gasteiger partial charge in [0.05, 0.1) is 0 Å². The SMILES string of the molecule is COC1(C)S[C@H]2C(NC(=O)CCCCC=O)C(=O)N2C1C(=O)O. The molecule has 23 heavy (non-hydrogen) atoms. The maximum atomic E-state index is 12.2. The van der Waals surface area contributed by atoms with Crippen molar-refractivity contribution in [1.82, 2.24) is 10.2 Å². The Morgan fingerprint density at radius 1 is 1.48 bits per heavy atom. The molecule has 3 unspecified atom stereocenters. The van der Waals surface area contributed by atoms with Gasteiger partial charge >= 0.3 is 5.97 Å². The molecule has 2 aliphatic heterocycles. The van der Waals surface area contributed by atoms with Gasteiger partial charge in [-0.05, 0) is 19.8 Å². The van der Waals surface area contributed by atoms with Gasteiger partial charge in [0.25, 0.3) is 0 Å². The van der Waals surface area contributed by atoms with E-state index in [1.54, 1.807) is 6.92 Å². The molecule has 128 valence electrons. The zero-order valence-corrected chi connectivity index (χ0v) is 13.8. The molecule has 2 rings (SSSR count). The summed E-state index contributed by atoms with van der Waals surface area (Å²) < 4.78 is 5.29. The van der Waals surface area contributed by atoms with Crippen molar-refractivity contribution < 1.29 is 29.0 Å². The Bertz CT molecular complexity index is 527. The Kier molecular flexibility index (Phi) is 5.30. The molecule has 8 nitrogen and oxygen atoms in total. The number of ether oxygens (including phenoxy) is 1. The standard InChI is InChI=1S/C14H20N2O6S/c1-14(22-2)10(13(20)21)16-11(19)9(12(16)23-14)15-8(18)6-4-3-5-7-17/h7,9-10,12H,3-6H2,1-2H3,(H,15,18)(H,20,21)/t9?,10?,12-,14?/m0/s1. The number of aliphatic carboxylic acids is 1. The minimum Gasteiger partial charge on any atom is -0.480 e. The van der Waals surface area contributed by atoms with Gasteiger partial charge in [-0.25, -0.2) is 4.79 Å². The number of unbranched alkanes of at least 4 members (excludes halogenated alkanes) is 2. The van der Waals surface area contributed by atoms with Crippen molar-refractivity contribution in [1.29, 1.82) is 0 Å². The molecule has 2 heterocycles. The van der Waals surface area contributed by atoms with Crippen LogP contribution in [0.25, 0.3) is 0 Å². The number of rotatable bonds is 8. The monoisotopic (exact) mass is 344 g/mol. The minimum absolute atomic E-state index is 0.235. The largest absolute Gasteiger partial charge is 0.480 e. The van der Waals surface area contributed by atoms with Crippen molar-refractivity contribution in [3.05, 3.63) is 0 Å². The van der Waals surface area contributed by atoms with Gasteiger partial charge in [-0.2, -0.15) is 0 Å². The quantitative estimate of drug-likeness (QED) is 0.361. The minimum atomic E-state index is -1.13. The van der Waals surface area contributed by atoms with Crippen molar-refractivity contribution >= 4 is 35.8 Å². The molecule has 2 saturated heterocycles. The van der Waals surface area contributed by atoms with E-state index in [9.17, 15) is 24.3 Å². The molecule has 9 heteroatoms. The summed E-state index contributed by atoms with van der Waals surface area (Å²) in [4.78, 5) is 45.9. The molecule has 0 aromatic rings. The lowest BCUT2D eigenvalue weighted by Gasteiger charge is -2.43. The number of hydrogen-bond acceptors (Lipinski definition) is 6. The predicted molar refractivity (Wildman–Crippen MR) is 81.5 cm³/mol. The lowest BCUT2D eigenvalue weighted by atomic mass is 10.0. The smallest absolute Gasteiger partial charge is 0.330 e.